The topological polar surface area (TPSA) is 68.2 Å². The summed E-state index contributed by atoms with van der Waals surface area (Å²) >= 11 is 0. The van der Waals surface area contributed by atoms with Crippen molar-refractivity contribution in [1.82, 2.24) is 15.1 Å². The molecule has 0 atom stereocenters. The lowest BCUT2D eigenvalue weighted by molar-refractivity contribution is -0.119. The Bertz CT molecular complexity index is 1040. The number of carbonyl (C=O) groups excluding carboxylic acids is 2. The summed E-state index contributed by atoms with van der Waals surface area (Å²) < 4.78 is 0. The zero-order valence-corrected chi connectivity index (χ0v) is 19.8. The molecule has 2 aromatic carbocycles. The number of aryl methyl sites for hydroxylation is 2. The van der Waals surface area contributed by atoms with Crippen molar-refractivity contribution in [2.24, 2.45) is 5.10 Å². The molecule has 0 bridgehead atoms. The number of anilines is 1. The van der Waals surface area contributed by atoms with E-state index in [1.54, 1.807) is 0 Å². The monoisotopic (exact) mass is 447 g/mol. The molecule has 7 heteroatoms. The number of carbonyl (C=O) groups is 2. The molecule has 1 fully saturated rings. The Hall–Kier alpha value is -3.03. The summed E-state index contributed by atoms with van der Waals surface area (Å²) in [7, 11) is 2.17. The minimum atomic E-state index is -0.223. The zero-order chi connectivity index (χ0) is 23.4. The van der Waals surface area contributed by atoms with Gasteiger partial charge in [0.25, 0.3) is 5.91 Å². The van der Waals surface area contributed by atoms with E-state index in [1.165, 1.54) is 10.6 Å². The number of nitrogens with zero attached hydrogens (tertiary/aromatic N) is 4. The van der Waals surface area contributed by atoms with Crippen LogP contribution in [0.15, 0.2) is 47.6 Å². The van der Waals surface area contributed by atoms with Crippen molar-refractivity contribution in [3.8, 4) is 0 Å². The number of likely N-dealkylation sites (N-methyl/N-ethyl adjacent to an activating group) is 1. The molecule has 1 N–H and O–H groups in total. The van der Waals surface area contributed by atoms with E-state index in [-0.39, 0.29) is 18.2 Å². The molecule has 4 rings (SSSR count). The second-order valence-corrected chi connectivity index (χ2v) is 9.12. The van der Waals surface area contributed by atoms with Gasteiger partial charge in [0, 0.05) is 52.1 Å². The fourth-order valence-corrected chi connectivity index (χ4v) is 4.16. The van der Waals surface area contributed by atoms with E-state index in [0.717, 1.165) is 55.1 Å². The van der Waals surface area contributed by atoms with Crippen molar-refractivity contribution in [2.75, 3.05) is 38.2 Å². The van der Waals surface area contributed by atoms with E-state index >= 15 is 0 Å². The number of hydrazone groups is 1. The van der Waals surface area contributed by atoms with Crippen LogP contribution in [-0.2, 0) is 22.7 Å². The summed E-state index contributed by atoms with van der Waals surface area (Å²) in [5.74, 6) is -0.310. The lowest BCUT2D eigenvalue weighted by Gasteiger charge is -2.32. The van der Waals surface area contributed by atoms with Gasteiger partial charge in [0.1, 0.15) is 5.71 Å². The van der Waals surface area contributed by atoms with Crippen LogP contribution in [0.2, 0.25) is 0 Å². The highest BCUT2D eigenvalue weighted by Gasteiger charge is 2.26. The maximum absolute atomic E-state index is 12.8. The fraction of sp³-hybridized carbons (Fsp3) is 0.423. The van der Waals surface area contributed by atoms with Crippen LogP contribution < -0.4 is 10.3 Å². The van der Waals surface area contributed by atoms with Crippen LogP contribution in [-0.4, -0.2) is 60.6 Å². The number of amides is 2. The average Bonchev–Trinajstić information content (AvgIpc) is 2.82. The standard InChI is InChI=1S/C26H33N5O2/c1-19-4-5-20(2)24(16-19)31-25(32)11-10-23(28-31)26(33)27-17-21-6-8-22(9-7-21)18-30-14-12-29(3)13-15-30/h4-9,16H,10-15,17-18H2,1-3H3,(H,27,33). The van der Waals surface area contributed by atoms with Crippen LogP contribution in [0.1, 0.15) is 35.1 Å². The molecule has 7 nitrogen and oxygen atoms in total. The first-order valence-electron chi connectivity index (χ1n) is 11.6. The molecular formula is C26H33N5O2. The summed E-state index contributed by atoms with van der Waals surface area (Å²) in [6.45, 7) is 9.73. The summed E-state index contributed by atoms with van der Waals surface area (Å²) in [4.78, 5) is 30.1. The van der Waals surface area contributed by atoms with Crippen LogP contribution in [0.3, 0.4) is 0 Å². The van der Waals surface area contributed by atoms with Crippen LogP contribution >= 0.6 is 0 Å². The smallest absolute Gasteiger partial charge is 0.267 e. The van der Waals surface area contributed by atoms with Gasteiger partial charge in [-0.15, -0.1) is 0 Å². The maximum Gasteiger partial charge on any atom is 0.267 e. The van der Waals surface area contributed by atoms with Gasteiger partial charge in [-0.05, 0) is 49.2 Å². The second kappa shape index (κ2) is 10.3. The van der Waals surface area contributed by atoms with Crippen molar-refractivity contribution >= 4 is 23.2 Å². The van der Waals surface area contributed by atoms with Gasteiger partial charge in [-0.25, -0.2) is 5.01 Å². The van der Waals surface area contributed by atoms with E-state index in [9.17, 15) is 9.59 Å². The van der Waals surface area contributed by atoms with Crippen LogP contribution in [0.5, 0.6) is 0 Å². The first-order valence-corrected chi connectivity index (χ1v) is 11.6. The first-order chi connectivity index (χ1) is 15.9. The van der Waals surface area contributed by atoms with Crippen LogP contribution in [0.25, 0.3) is 0 Å². The van der Waals surface area contributed by atoms with Gasteiger partial charge in [0.2, 0.25) is 5.91 Å². The van der Waals surface area contributed by atoms with E-state index in [4.69, 9.17) is 0 Å². The molecule has 0 radical (unpaired) electrons. The highest BCUT2D eigenvalue weighted by Crippen LogP contribution is 2.25. The minimum Gasteiger partial charge on any atom is -0.347 e. The van der Waals surface area contributed by atoms with Gasteiger partial charge in [0.05, 0.1) is 5.69 Å². The number of hydrogen-bond donors (Lipinski definition) is 1. The van der Waals surface area contributed by atoms with Crippen LogP contribution in [0.4, 0.5) is 5.69 Å². The third kappa shape index (κ3) is 5.86. The Balaban J connectivity index is 1.35. The molecule has 2 aliphatic heterocycles. The number of piperazine rings is 1. The van der Waals surface area contributed by atoms with Crippen molar-refractivity contribution in [1.29, 1.82) is 0 Å². The van der Waals surface area contributed by atoms with Gasteiger partial charge in [-0.3, -0.25) is 14.5 Å². The van der Waals surface area contributed by atoms with Gasteiger partial charge in [-0.1, -0.05) is 36.4 Å². The maximum atomic E-state index is 12.8. The molecule has 1 saturated heterocycles. The lowest BCUT2D eigenvalue weighted by atomic mass is 10.1. The fourth-order valence-electron chi connectivity index (χ4n) is 4.16. The molecule has 0 aromatic heterocycles. The van der Waals surface area contributed by atoms with Gasteiger partial charge >= 0.3 is 0 Å². The van der Waals surface area contributed by atoms with Crippen LogP contribution in [0, 0.1) is 13.8 Å². The zero-order valence-electron chi connectivity index (χ0n) is 19.8. The molecule has 0 saturated carbocycles. The number of nitrogens with one attached hydrogen (secondary N) is 1. The summed E-state index contributed by atoms with van der Waals surface area (Å²) in [5, 5.41) is 8.76. The molecule has 2 amide bonds. The Morgan fingerprint density at radius 2 is 1.67 bits per heavy atom. The highest BCUT2D eigenvalue weighted by molar-refractivity contribution is 6.40. The Labute approximate surface area is 196 Å². The van der Waals surface area contributed by atoms with E-state index in [1.807, 2.05) is 32.0 Å². The molecular weight excluding hydrogens is 414 g/mol. The Kier molecular flexibility index (Phi) is 7.20. The van der Waals surface area contributed by atoms with Gasteiger partial charge in [0.15, 0.2) is 0 Å². The Morgan fingerprint density at radius 3 is 2.39 bits per heavy atom. The minimum absolute atomic E-state index is 0.0869. The summed E-state index contributed by atoms with van der Waals surface area (Å²) in [5.41, 5.74) is 5.46. The molecule has 2 aliphatic rings. The molecule has 0 unspecified atom stereocenters. The quantitative estimate of drug-likeness (QED) is 0.740. The molecule has 0 spiro atoms. The number of benzene rings is 2. The van der Waals surface area contributed by atoms with Crippen molar-refractivity contribution < 1.29 is 9.59 Å². The van der Waals surface area contributed by atoms with Crippen molar-refractivity contribution in [2.45, 2.75) is 39.8 Å². The van der Waals surface area contributed by atoms with Crippen molar-refractivity contribution in [3.63, 3.8) is 0 Å². The molecule has 0 aliphatic carbocycles. The predicted molar refractivity (Wildman–Crippen MR) is 131 cm³/mol. The second-order valence-electron chi connectivity index (χ2n) is 9.12. The summed E-state index contributed by atoms with van der Waals surface area (Å²) in [6, 6.07) is 14.3. The molecule has 33 heavy (non-hydrogen) atoms. The number of rotatable bonds is 6. The highest BCUT2D eigenvalue weighted by atomic mass is 16.2. The van der Waals surface area contributed by atoms with Crippen molar-refractivity contribution in [3.05, 3.63) is 64.7 Å². The van der Waals surface area contributed by atoms with E-state index < -0.39 is 0 Å². The Morgan fingerprint density at radius 1 is 0.970 bits per heavy atom. The van der Waals surface area contributed by atoms with E-state index in [0.29, 0.717) is 18.7 Å². The summed E-state index contributed by atoms with van der Waals surface area (Å²) in [6.07, 6.45) is 0.636. The van der Waals surface area contributed by atoms with Gasteiger partial charge in [-0.2, -0.15) is 5.10 Å². The molecule has 2 heterocycles. The van der Waals surface area contributed by atoms with E-state index in [2.05, 4.69) is 51.5 Å². The number of hydrogen-bond acceptors (Lipinski definition) is 5. The predicted octanol–water partition coefficient (Wildman–Crippen LogP) is 2.85. The first kappa shape index (κ1) is 23.1. The molecule has 174 valence electrons. The van der Waals surface area contributed by atoms with Gasteiger partial charge < -0.3 is 10.2 Å². The third-order valence-electron chi connectivity index (χ3n) is 6.37. The SMILES string of the molecule is Cc1ccc(C)c(N2N=C(C(=O)NCc3ccc(CN4CCN(C)CC4)cc3)CCC2=O)c1. The lowest BCUT2D eigenvalue weighted by Crippen LogP contribution is -2.43. The third-order valence-corrected chi connectivity index (χ3v) is 6.37. The molecule has 2 aromatic rings. The largest absolute Gasteiger partial charge is 0.347 e. The average molecular weight is 448 g/mol. The normalized spacial score (nSPS) is 17.7.